The number of unbranched alkanes of at least 4 members (excludes halogenated alkanes) is 1. The number of aliphatic carboxylic acids is 1. The van der Waals surface area contributed by atoms with Gasteiger partial charge in [0.1, 0.15) is 6.04 Å². The van der Waals surface area contributed by atoms with Crippen molar-refractivity contribution in [2.45, 2.75) is 37.1 Å². The number of sulfonamides is 1. The summed E-state index contributed by atoms with van der Waals surface area (Å²) in [5.41, 5.74) is 0. The van der Waals surface area contributed by atoms with Gasteiger partial charge in [-0.2, -0.15) is 4.72 Å². The first-order valence-electron chi connectivity index (χ1n) is 6.40. The van der Waals surface area contributed by atoms with Gasteiger partial charge in [0.2, 0.25) is 10.0 Å². The van der Waals surface area contributed by atoms with Crippen molar-refractivity contribution in [2.75, 3.05) is 7.11 Å². The molecule has 0 aliphatic heterocycles. The summed E-state index contributed by atoms with van der Waals surface area (Å²) >= 11 is 0. The van der Waals surface area contributed by atoms with Gasteiger partial charge in [0.15, 0.2) is 11.6 Å². The first-order chi connectivity index (χ1) is 9.81. The molecule has 0 saturated carbocycles. The van der Waals surface area contributed by atoms with Gasteiger partial charge >= 0.3 is 5.97 Å². The van der Waals surface area contributed by atoms with Crippen LogP contribution in [0.3, 0.4) is 0 Å². The average Bonchev–Trinajstić information content (AvgIpc) is 2.43. The third-order valence-electron chi connectivity index (χ3n) is 2.87. The zero-order valence-electron chi connectivity index (χ0n) is 11.8. The highest BCUT2D eigenvalue weighted by molar-refractivity contribution is 7.89. The van der Waals surface area contributed by atoms with Crippen molar-refractivity contribution in [3.8, 4) is 5.75 Å². The van der Waals surface area contributed by atoms with Crippen LogP contribution in [0.5, 0.6) is 5.75 Å². The maximum absolute atomic E-state index is 13.3. The fourth-order valence-corrected chi connectivity index (χ4v) is 2.94. The molecular formula is C13H18FNO5S. The predicted molar refractivity (Wildman–Crippen MR) is 74.2 cm³/mol. The van der Waals surface area contributed by atoms with Gasteiger partial charge in [-0.3, -0.25) is 4.79 Å². The Bertz CT molecular complexity index is 603. The number of carbonyl (C=O) groups is 1. The normalized spacial score (nSPS) is 12.9. The predicted octanol–water partition coefficient (Wildman–Crippen LogP) is 1.76. The number of methoxy groups -OCH3 is 1. The Balaban J connectivity index is 3.01. The van der Waals surface area contributed by atoms with Crippen LogP contribution in [-0.4, -0.2) is 32.6 Å². The summed E-state index contributed by atoms with van der Waals surface area (Å²) in [5.74, 6) is -2.17. The van der Waals surface area contributed by atoms with Crippen LogP contribution < -0.4 is 9.46 Å². The Morgan fingerprint density at radius 1 is 1.48 bits per heavy atom. The van der Waals surface area contributed by atoms with Crippen LogP contribution >= 0.6 is 0 Å². The third-order valence-corrected chi connectivity index (χ3v) is 4.34. The number of halogens is 1. The van der Waals surface area contributed by atoms with Crippen molar-refractivity contribution in [2.24, 2.45) is 0 Å². The van der Waals surface area contributed by atoms with E-state index in [1.807, 2.05) is 6.92 Å². The molecule has 0 aliphatic carbocycles. The zero-order valence-corrected chi connectivity index (χ0v) is 12.6. The number of carboxylic acids is 1. The molecule has 0 saturated heterocycles. The second kappa shape index (κ2) is 7.37. The van der Waals surface area contributed by atoms with Gasteiger partial charge < -0.3 is 9.84 Å². The van der Waals surface area contributed by atoms with E-state index < -0.39 is 27.9 Å². The quantitative estimate of drug-likeness (QED) is 0.761. The number of carboxylic acid groups (broad SMARTS) is 1. The lowest BCUT2D eigenvalue weighted by atomic mass is 10.1. The topological polar surface area (TPSA) is 92.7 Å². The number of nitrogens with one attached hydrogen (secondary N) is 1. The molecule has 0 radical (unpaired) electrons. The van der Waals surface area contributed by atoms with Gasteiger partial charge in [-0.05, 0) is 18.6 Å². The largest absolute Gasteiger partial charge is 0.494 e. The van der Waals surface area contributed by atoms with Crippen molar-refractivity contribution >= 4 is 16.0 Å². The number of benzene rings is 1. The molecule has 0 heterocycles. The van der Waals surface area contributed by atoms with E-state index in [0.29, 0.717) is 6.42 Å². The molecule has 0 spiro atoms. The van der Waals surface area contributed by atoms with E-state index in [1.165, 1.54) is 7.11 Å². The van der Waals surface area contributed by atoms with Crippen LogP contribution in [-0.2, 0) is 14.8 Å². The Hall–Kier alpha value is -1.67. The van der Waals surface area contributed by atoms with Crippen molar-refractivity contribution < 1.29 is 27.4 Å². The van der Waals surface area contributed by atoms with Crippen molar-refractivity contribution in [3.63, 3.8) is 0 Å². The van der Waals surface area contributed by atoms with Crippen LogP contribution in [0.1, 0.15) is 26.2 Å². The fraction of sp³-hybridized carbons (Fsp3) is 0.462. The van der Waals surface area contributed by atoms with Gasteiger partial charge in [-0.1, -0.05) is 19.8 Å². The van der Waals surface area contributed by atoms with Gasteiger partial charge in [-0.15, -0.1) is 0 Å². The van der Waals surface area contributed by atoms with Crippen LogP contribution in [0.2, 0.25) is 0 Å². The monoisotopic (exact) mass is 319 g/mol. The molecule has 21 heavy (non-hydrogen) atoms. The second-order valence-corrected chi connectivity index (χ2v) is 6.16. The number of ether oxygens (including phenoxy) is 1. The number of hydrogen-bond donors (Lipinski definition) is 2. The van der Waals surface area contributed by atoms with E-state index in [4.69, 9.17) is 9.84 Å². The van der Waals surface area contributed by atoms with Crippen molar-refractivity contribution in [1.29, 1.82) is 0 Å². The van der Waals surface area contributed by atoms with E-state index in [2.05, 4.69) is 4.72 Å². The summed E-state index contributed by atoms with van der Waals surface area (Å²) in [5, 5.41) is 9.04. The average molecular weight is 319 g/mol. The zero-order chi connectivity index (χ0) is 16.0. The minimum atomic E-state index is -4.06. The highest BCUT2D eigenvalue weighted by Crippen LogP contribution is 2.21. The molecule has 2 N–H and O–H groups in total. The Labute approximate surface area is 123 Å². The van der Waals surface area contributed by atoms with Gasteiger partial charge in [0.05, 0.1) is 12.0 Å². The van der Waals surface area contributed by atoms with E-state index in [1.54, 1.807) is 0 Å². The second-order valence-electron chi connectivity index (χ2n) is 4.45. The maximum Gasteiger partial charge on any atom is 0.321 e. The highest BCUT2D eigenvalue weighted by atomic mass is 32.2. The lowest BCUT2D eigenvalue weighted by Crippen LogP contribution is -2.40. The van der Waals surface area contributed by atoms with E-state index in [9.17, 15) is 17.6 Å². The summed E-state index contributed by atoms with van der Waals surface area (Å²) in [4.78, 5) is 10.8. The molecule has 0 aromatic heterocycles. The van der Waals surface area contributed by atoms with Gasteiger partial charge in [0.25, 0.3) is 0 Å². The molecule has 1 aromatic rings. The van der Waals surface area contributed by atoms with Crippen LogP contribution in [0.4, 0.5) is 4.39 Å². The molecule has 1 atom stereocenters. The Morgan fingerprint density at radius 2 is 2.14 bits per heavy atom. The fourth-order valence-electron chi connectivity index (χ4n) is 1.70. The molecule has 0 fully saturated rings. The summed E-state index contributed by atoms with van der Waals surface area (Å²) in [6, 6.07) is 1.80. The van der Waals surface area contributed by atoms with Crippen LogP contribution in [0.15, 0.2) is 23.1 Å². The summed E-state index contributed by atoms with van der Waals surface area (Å²) in [7, 11) is -2.85. The standard InChI is InChI=1S/C13H18FNO5S/c1-3-4-5-11(13(16)17)15-21(18,19)9-6-7-10(14)12(8-9)20-2/h6-8,11,15H,3-5H2,1-2H3,(H,16,17)/t11-/m0/s1. The van der Waals surface area contributed by atoms with E-state index in [-0.39, 0.29) is 17.1 Å². The molecule has 0 bridgehead atoms. The molecule has 1 aromatic carbocycles. The summed E-state index contributed by atoms with van der Waals surface area (Å²) < 4.78 is 44.4. The van der Waals surface area contributed by atoms with E-state index >= 15 is 0 Å². The maximum atomic E-state index is 13.3. The lowest BCUT2D eigenvalue weighted by Gasteiger charge is -2.15. The lowest BCUT2D eigenvalue weighted by molar-refractivity contribution is -0.139. The summed E-state index contributed by atoms with van der Waals surface area (Å²) in [6.45, 7) is 1.87. The molecule has 8 heteroatoms. The highest BCUT2D eigenvalue weighted by Gasteiger charge is 2.25. The number of hydrogen-bond acceptors (Lipinski definition) is 4. The molecule has 6 nitrogen and oxygen atoms in total. The summed E-state index contributed by atoms with van der Waals surface area (Å²) in [6.07, 6.45) is 1.51. The molecule has 0 amide bonds. The van der Waals surface area contributed by atoms with Crippen molar-refractivity contribution in [1.82, 2.24) is 4.72 Å². The molecule has 0 unspecified atom stereocenters. The van der Waals surface area contributed by atoms with Crippen LogP contribution in [0.25, 0.3) is 0 Å². The van der Waals surface area contributed by atoms with Gasteiger partial charge in [-0.25, -0.2) is 12.8 Å². The molecule has 1 rings (SSSR count). The molecular weight excluding hydrogens is 301 g/mol. The Morgan fingerprint density at radius 3 is 2.67 bits per heavy atom. The van der Waals surface area contributed by atoms with Gasteiger partial charge in [0, 0.05) is 6.07 Å². The van der Waals surface area contributed by atoms with E-state index in [0.717, 1.165) is 24.6 Å². The van der Waals surface area contributed by atoms with Crippen LogP contribution in [0, 0.1) is 5.82 Å². The number of rotatable bonds is 8. The molecule has 118 valence electrons. The van der Waals surface area contributed by atoms with Crippen molar-refractivity contribution in [3.05, 3.63) is 24.0 Å². The first kappa shape index (κ1) is 17.4. The minimum absolute atomic E-state index is 0.184. The minimum Gasteiger partial charge on any atom is -0.494 e. The molecule has 0 aliphatic rings. The first-order valence-corrected chi connectivity index (χ1v) is 7.88. The smallest absolute Gasteiger partial charge is 0.321 e. The SMILES string of the molecule is CCCC[C@H](NS(=O)(=O)c1ccc(F)c(OC)c1)C(=O)O. The Kier molecular flexibility index (Phi) is 6.10. The third kappa shape index (κ3) is 4.68.